The number of fused-ring (bicyclic) bond motifs is 1. The minimum Gasteiger partial charge on any atom is -0.465 e. The number of benzene rings is 1. The molecule has 0 spiro atoms. The van der Waals surface area contributed by atoms with Gasteiger partial charge in [0, 0.05) is 15.6 Å². The van der Waals surface area contributed by atoms with Crippen LogP contribution in [0.2, 0.25) is 5.02 Å². The number of allylic oxidation sites excluding steroid dienone is 1. The lowest BCUT2D eigenvalue weighted by Gasteiger charge is -2.30. The lowest BCUT2D eigenvalue weighted by Crippen LogP contribution is -2.45. The number of esters is 1. The number of carbonyl (C=O) groups is 2. The van der Waals surface area contributed by atoms with Gasteiger partial charge in [0.05, 0.1) is 24.3 Å². The second kappa shape index (κ2) is 8.37. The molecule has 0 bridgehead atoms. The van der Waals surface area contributed by atoms with Crippen LogP contribution in [-0.2, 0) is 22.4 Å². The second-order valence-corrected chi connectivity index (χ2v) is 9.08. The molecular weight excluding hydrogens is 442 g/mol. The van der Waals surface area contributed by atoms with Gasteiger partial charge in [0.25, 0.3) is 5.91 Å². The molecule has 0 radical (unpaired) electrons. The van der Waals surface area contributed by atoms with Gasteiger partial charge in [-0.15, -0.1) is 11.3 Å². The molecule has 1 aliphatic carbocycles. The Morgan fingerprint density at radius 1 is 1.27 bits per heavy atom. The minimum absolute atomic E-state index is 0.306. The number of hydrogen-bond acceptors (Lipinski definition) is 5. The molecule has 0 unspecified atom stereocenters. The topological polar surface area (TPSA) is 79.5 Å². The van der Waals surface area contributed by atoms with Gasteiger partial charge in [-0.1, -0.05) is 23.7 Å². The fourth-order valence-corrected chi connectivity index (χ4v) is 5.55. The molecule has 1 atom stereocenters. The van der Waals surface area contributed by atoms with E-state index < -0.39 is 12.0 Å². The van der Waals surface area contributed by atoms with Crippen molar-refractivity contribution in [2.45, 2.75) is 32.2 Å². The standard InChI is InChI=1S/C21H20ClN3O3S2/c1-10-15(17(24-21(29)23-10)11-6-8-12(22)9-7-11)18(26)25-19-16(20(27)28-2)13-4-3-5-14(13)30-19/h6-9,17H,3-5H2,1-2H3,(H,25,26)(H2,23,24,29)/t17-/m0/s1. The zero-order valence-corrected chi connectivity index (χ0v) is 18.8. The van der Waals surface area contributed by atoms with Gasteiger partial charge in [-0.2, -0.15) is 0 Å². The van der Waals surface area contributed by atoms with Crippen LogP contribution in [0, 0.1) is 0 Å². The van der Waals surface area contributed by atoms with Crippen LogP contribution < -0.4 is 16.0 Å². The van der Waals surface area contributed by atoms with Crippen LogP contribution in [0.3, 0.4) is 0 Å². The number of hydrogen-bond donors (Lipinski definition) is 3. The Morgan fingerprint density at radius 3 is 2.70 bits per heavy atom. The van der Waals surface area contributed by atoms with E-state index in [1.807, 2.05) is 12.1 Å². The van der Waals surface area contributed by atoms with Crippen LogP contribution in [0.25, 0.3) is 0 Å². The summed E-state index contributed by atoms with van der Waals surface area (Å²) in [4.78, 5) is 26.9. The van der Waals surface area contributed by atoms with Crippen LogP contribution in [0.1, 0.15) is 45.7 Å². The van der Waals surface area contributed by atoms with E-state index in [4.69, 9.17) is 28.6 Å². The molecule has 1 aromatic carbocycles. The molecule has 3 N–H and O–H groups in total. The normalized spacial score (nSPS) is 17.8. The van der Waals surface area contributed by atoms with Gasteiger partial charge in [0.15, 0.2) is 5.11 Å². The third-order valence-corrected chi connectivity index (χ3v) is 6.93. The minimum atomic E-state index is -0.440. The molecular formula is C21H20ClN3O3S2. The van der Waals surface area contributed by atoms with Crippen LogP contribution in [0.15, 0.2) is 35.5 Å². The summed E-state index contributed by atoms with van der Waals surface area (Å²) in [5.41, 5.74) is 3.46. The summed E-state index contributed by atoms with van der Waals surface area (Å²) < 4.78 is 4.97. The number of thiocarbonyl (C=S) groups is 1. The van der Waals surface area contributed by atoms with Crippen LogP contribution in [0.4, 0.5) is 5.00 Å². The number of amides is 1. The molecule has 2 aliphatic rings. The molecule has 2 aromatic rings. The lowest BCUT2D eigenvalue weighted by atomic mass is 9.95. The average Bonchev–Trinajstić information content (AvgIpc) is 3.28. The van der Waals surface area contributed by atoms with E-state index in [-0.39, 0.29) is 5.91 Å². The van der Waals surface area contributed by atoms with Gasteiger partial charge in [-0.05, 0) is 61.7 Å². The number of methoxy groups -OCH3 is 1. The first-order valence-corrected chi connectivity index (χ1v) is 11.1. The van der Waals surface area contributed by atoms with Crippen LogP contribution >= 0.6 is 35.2 Å². The third-order valence-electron chi connectivity index (χ3n) is 5.25. The van der Waals surface area contributed by atoms with Crippen molar-refractivity contribution in [2.75, 3.05) is 12.4 Å². The summed E-state index contributed by atoms with van der Waals surface area (Å²) in [6.45, 7) is 1.81. The van der Waals surface area contributed by atoms with Gasteiger partial charge in [-0.25, -0.2) is 4.79 Å². The summed E-state index contributed by atoms with van der Waals surface area (Å²) in [5.74, 6) is -0.731. The highest BCUT2D eigenvalue weighted by Crippen LogP contribution is 2.40. The fraction of sp³-hybridized carbons (Fsp3) is 0.286. The van der Waals surface area contributed by atoms with E-state index in [0.717, 1.165) is 35.3 Å². The molecule has 2 heterocycles. The summed E-state index contributed by atoms with van der Waals surface area (Å²) >= 11 is 12.8. The first-order valence-electron chi connectivity index (χ1n) is 9.47. The quantitative estimate of drug-likeness (QED) is 0.469. The highest BCUT2D eigenvalue weighted by atomic mass is 35.5. The number of anilines is 1. The van der Waals surface area contributed by atoms with Crippen molar-refractivity contribution in [3.05, 3.63) is 62.1 Å². The molecule has 0 fully saturated rings. The molecule has 4 rings (SSSR count). The van der Waals surface area contributed by atoms with Crippen LogP contribution in [-0.4, -0.2) is 24.1 Å². The summed E-state index contributed by atoms with van der Waals surface area (Å²) in [6, 6.07) is 6.81. The van der Waals surface area contributed by atoms with Gasteiger partial charge < -0.3 is 20.7 Å². The van der Waals surface area contributed by atoms with Gasteiger partial charge in [0.1, 0.15) is 5.00 Å². The van der Waals surface area contributed by atoms with E-state index in [1.165, 1.54) is 18.4 Å². The Hall–Kier alpha value is -2.42. The molecule has 0 saturated heterocycles. The van der Waals surface area contributed by atoms with Crippen molar-refractivity contribution in [2.24, 2.45) is 0 Å². The average molecular weight is 462 g/mol. The third kappa shape index (κ3) is 3.82. The highest BCUT2D eigenvalue weighted by molar-refractivity contribution is 7.80. The molecule has 1 aromatic heterocycles. The maximum atomic E-state index is 13.4. The van der Waals surface area contributed by atoms with E-state index in [2.05, 4.69) is 16.0 Å². The largest absolute Gasteiger partial charge is 0.465 e. The zero-order chi connectivity index (χ0) is 21.4. The van der Waals surface area contributed by atoms with Crippen molar-refractivity contribution in [1.82, 2.24) is 10.6 Å². The smallest absolute Gasteiger partial charge is 0.341 e. The van der Waals surface area contributed by atoms with Gasteiger partial charge in [-0.3, -0.25) is 4.79 Å². The summed E-state index contributed by atoms with van der Waals surface area (Å²) in [7, 11) is 1.35. The fourth-order valence-electron chi connectivity index (χ4n) is 3.88. The number of halogens is 1. The van der Waals surface area contributed by atoms with Crippen molar-refractivity contribution < 1.29 is 14.3 Å². The van der Waals surface area contributed by atoms with Gasteiger partial charge in [0.2, 0.25) is 0 Å². The number of carbonyl (C=O) groups excluding carboxylic acids is 2. The van der Waals surface area contributed by atoms with E-state index in [9.17, 15) is 9.59 Å². The van der Waals surface area contributed by atoms with E-state index >= 15 is 0 Å². The maximum absolute atomic E-state index is 13.4. The molecule has 6 nitrogen and oxygen atoms in total. The van der Waals surface area contributed by atoms with Crippen molar-refractivity contribution in [1.29, 1.82) is 0 Å². The molecule has 0 saturated carbocycles. The Labute approximate surface area is 188 Å². The molecule has 9 heteroatoms. The SMILES string of the molecule is COC(=O)c1c(NC(=O)C2=C(C)NC(=S)N[C@H]2c2ccc(Cl)cc2)sc2c1CCC2. The number of ether oxygens (including phenoxy) is 1. The monoisotopic (exact) mass is 461 g/mol. The number of aryl methyl sites for hydroxylation is 1. The lowest BCUT2D eigenvalue weighted by molar-refractivity contribution is -0.113. The first-order chi connectivity index (χ1) is 14.4. The second-order valence-electron chi connectivity index (χ2n) is 7.13. The van der Waals surface area contributed by atoms with Crippen molar-refractivity contribution >= 4 is 57.1 Å². The van der Waals surface area contributed by atoms with E-state index in [1.54, 1.807) is 19.1 Å². The number of thiophene rings is 1. The Morgan fingerprint density at radius 2 is 2.00 bits per heavy atom. The summed E-state index contributed by atoms with van der Waals surface area (Å²) in [6.07, 6.45) is 2.73. The molecule has 30 heavy (non-hydrogen) atoms. The van der Waals surface area contributed by atoms with Gasteiger partial charge >= 0.3 is 5.97 Å². The highest BCUT2D eigenvalue weighted by Gasteiger charge is 2.33. The van der Waals surface area contributed by atoms with Crippen molar-refractivity contribution in [3.63, 3.8) is 0 Å². The predicted molar refractivity (Wildman–Crippen MR) is 122 cm³/mol. The molecule has 1 amide bonds. The Kier molecular flexibility index (Phi) is 5.81. The number of nitrogens with one attached hydrogen (secondary N) is 3. The molecule has 1 aliphatic heterocycles. The summed E-state index contributed by atoms with van der Waals surface area (Å²) in [5, 5.41) is 10.7. The van der Waals surface area contributed by atoms with Crippen molar-refractivity contribution in [3.8, 4) is 0 Å². The predicted octanol–water partition coefficient (Wildman–Crippen LogP) is 4.11. The Balaban J connectivity index is 1.69. The maximum Gasteiger partial charge on any atom is 0.341 e. The number of rotatable bonds is 4. The first kappa shape index (κ1) is 20.8. The van der Waals surface area contributed by atoms with Crippen LogP contribution in [0.5, 0.6) is 0 Å². The zero-order valence-electron chi connectivity index (χ0n) is 16.4. The van der Waals surface area contributed by atoms with E-state index in [0.29, 0.717) is 32.0 Å². The Bertz CT molecular complexity index is 1080. The molecule has 156 valence electrons.